The van der Waals surface area contributed by atoms with Crippen molar-refractivity contribution in [3.05, 3.63) is 35.6 Å². The summed E-state index contributed by atoms with van der Waals surface area (Å²) in [5.41, 5.74) is 6.97. The molecule has 1 unspecified atom stereocenters. The predicted molar refractivity (Wildman–Crippen MR) is 63.6 cm³/mol. The maximum Gasteiger partial charge on any atom is 0.123 e. The minimum Gasteiger partial charge on any atom is -0.329 e. The maximum absolute atomic E-state index is 12.9. The second-order valence-electron chi connectivity index (χ2n) is 4.36. The average molecular weight is 222 g/mol. The van der Waals surface area contributed by atoms with Crippen LogP contribution < -0.4 is 5.73 Å². The van der Waals surface area contributed by atoms with Gasteiger partial charge >= 0.3 is 0 Å². The third kappa shape index (κ3) is 2.42. The average Bonchev–Trinajstić information content (AvgIpc) is 3.11. The fourth-order valence-corrected chi connectivity index (χ4v) is 2.29. The lowest BCUT2D eigenvalue weighted by atomic mass is 10.1. The second-order valence-corrected chi connectivity index (χ2v) is 4.36. The van der Waals surface area contributed by atoms with Crippen LogP contribution in [0.15, 0.2) is 24.3 Å². The fourth-order valence-electron chi connectivity index (χ4n) is 2.29. The number of hydrogen-bond acceptors (Lipinski definition) is 2. The summed E-state index contributed by atoms with van der Waals surface area (Å²) in [4.78, 5) is 2.42. The monoisotopic (exact) mass is 222 g/mol. The molecule has 88 valence electrons. The highest BCUT2D eigenvalue weighted by Crippen LogP contribution is 2.33. The summed E-state index contributed by atoms with van der Waals surface area (Å²) in [6.07, 6.45) is 2.54. The summed E-state index contributed by atoms with van der Waals surface area (Å²) in [6.45, 7) is 3.75. The number of rotatable bonds is 5. The zero-order chi connectivity index (χ0) is 11.5. The first-order valence-electron chi connectivity index (χ1n) is 5.97. The van der Waals surface area contributed by atoms with Gasteiger partial charge in [0.2, 0.25) is 0 Å². The highest BCUT2D eigenvalue weighted by Gasteiger charge is 2.32. The molecule has 0 heterocycles. The summed E-state index contributed by atoms with van der Waals surface area (Å²) in [7, 11) is 0. The Morgan fingerprint density at radius 2 is 2.00 bits per heavy atom. The zero-order valence-electron chi connectivity index (χ0n) is 9.70. The van der Waals surface area contributed by atoms with Crippen LogP contribution in [0.4, 0.5) is 4.39 Å². The topological polar surface area (TPSA) is 29.3 Å². The lowest BCUT2D eigenvalue weighted by molar-refractivity contribution is 0.202. The maximum atomic E-state index is 12.9. The van der Waals surface area contributed by atoms with E-state index >= 15 is 0 Å². The van der Waals surface area contributed by atoms with Crippen molar-refractivity contribution < 1.29 is 4.39 Å². The van der Waals surface area contributed by atoms with Gasteiger partial charge in [-0.05, 0) is 37.1 Å². The van der Waals surface area contributed by atoms with Crippen molar-refractivity contribution in [2.45, 2.75) is 31.8 Å². The smallest absolute Gasteiger partial charge is 0.123 e. The Balaban J connectivity index is 2.16. The minimum atomic E-state index is -0.186. The Bertz CT molecular complexity index is 332. The van der Waals surface area contributed by atoms with Gasteiger partial charge in [0.05, 0.1) is 0 Å². The molecule has 1 aromatic carbocycles. The van der Waals surface area contributed by atoms with Crippen LogP contribution in [0.5, 0.6) is 0 Å². The lowest BCUT2D eigenvalue weighted by Gasteiger charge is -2.30. The van der Waals surface area contributed by atoms with Crippen molar-refractivity contribution in [3.8, 4) is 0 Å². The van der Waals surface area contributed by atoms with Crippen molar-refractivity contribution in [3.63, 3.8) is 0 Å². The van der Waals surface area contributed by atoms with E-state index in [0.29, 0.717) is 12.6 Å². The number of halogens is 1. The number of likely N-dealkylation sites (N-methyl/N-ethyl adjacent to an activating group) is 1. The van der Waals surface area contributed by atoms with Gasteiger partial charge in [-0.1, -0.05) is 19.1 Å². The summed E-state index contributed by atoms with van der Waals surface area (Å²) in [5, 5.41) is 0. The van der Waals surface area contributed by atoms with Crippen LogP contribution >= 0.6 is 0 Å². The van der Waals surface area contributed by atoms with Gasteiger partial charge in [0, 0.05) is 18.6 Å². The summed E-state index contributed by atoms with van der Waals surface area (Å²) in [6, 6.07) is 7.63. The third-order valence-corrected chi connectivity index (χ3v) is 3.26. The molecule has 1 aliphatic carbocycles. The summed E-state index contributed by atoms with van der Waals surface area (Å²) in [5.74, 6) is -0.186. The molecule has 1 fully saturated rings. The molecular weight excluding hydrogens is 203 g/mol. The van der Waals surface area contributed by atoms with E-state index in [2.05, 4.69) is 11.8 Å². The molecule has 1 atom stereocenters. The van der Waals surface area contributed by atoms with Crippen molar-refractivity contribution in [2.24, 2.45) is 5.73 Å². The van der Waals surface area contributed by atoms with E-state index in [0.717, 1.165) is 12.1 Å². The summed E-state index contributed by atoms with van der Waals surface area (Å²) >= 11 is 0. The van der Waals surface area contributed by atoms with Crippen LogP contribution in [0.1, 0.15) is 31.4 Å². The van der Waals surface area contributed by atoms with Crippen molar-refractivity contribution in [1.29, 1.82) is 0 Å². The van der Waals surface area contributed by atoms with Crippen molar-refractivity contribution in [2.75, 3.05) is 13.1 Å². The van der Waals surface area contributed by atoms with Crippen LogP contribution in [-0.4, -0.2) is 24.0 Å². The molecule has 1 aromatic rings. The van der Waals surface area contributed by atoms with Gasteiger partial charge in [-0.2, -0.15) is 0 Å². The second kappa shape index (κ2) is 4.93. The molecule has 1 aliphatic rings. The molecule has 2 rings (SSSR count). The molecule has 0 aromatic heterocycles. The van der Waals surface area contributed by atoms with Gasteiger partial charge in [0.15, 0.2) is 0 Å². The molecule has 0 bridgehead atoms. The fraction of sp³-hybridized carbons (Fsp3) is 0.538. The van der Waals surface area contributed by atoms with Crippen molar-refractivity contribution in [1.82, 2.24) is 4.90 Å². The zero-order valence-corrected chi connectivity index (χ0v) is 9.70. The van der Waals surface area contributed by atoms with E-state index in [9.17, 15) is 4.39 Å². The Labute approximate surface area is 96.2 Å². The molecule has 1 saturated carbocycles. The number of nitrogens with zero attached hydrogens (tertiary/aromatic N) is 1. The Morgan fingerprint density at radius 3 is 2.44 bits per heavy atom. The highest BCUT2D eigenvalue weighted by molar-refractivity contribution is 5.21. The normalized spacial score (nSPS) is 17.8. The first-order valence-corrected chi connectivity index (χ1v) is 5.97. The quantitative estimate of drug-likeness (QED) is 0.828. The molecule has 16 heavy (non-hydrogen) atoms. The lowest BCUT2D eigenvalue weighted by Crippen LogP contribution is -2.35. The molecule has 2 nitrogen and oxygen atoms in total. The van der Waals surface area contributed by atoms with E-state index in [4.69, 9.17) is 5.73 Å². The van der Waals surface area contributed by atoms with Gasteiger partial charge < -0.3 is 5.73 Å². The molecule has 0 aliphatic heterocycles. The first kappa shape index (κ1) is 11.6. The third-order valence-electron chi connectivity index (χ3n) is 3.26. The van der Waals surface area contributed by atoms with Gasteiger partial charge in [-0.25, -0.2) is 4.39 Å². The minimum absolute atomic E-state index is 0.186. The van der Waals surface area contributed by atoms with Gasteiger partial charge in [0.25, 0.3) is 0 Å². The SMILES string of the molecule is CCN(C1CC1)C(CN)c1ccc(F)cc1. The molecule has 0 spiro atoms. The molecule has 0 saturated heterocycles. The van der Waals surface area contributed by atoms with Gasteiger partial charge in [-0.15, -0.1) is 0 Å². The molecule has 3 heteroatoms. The van der Waals surface area contributed by atoms with E-state index in [1.54, 1.807) is 0 Å². The van der Waals surface area contributed by atoms with E-state index < -0.39 is 0 Å². The van der Waals surface area contributed by atoms with E-state index in [1.165, 1.54) is 25.0 Å². The molecular formula is C13H19FN2. The van der Waals surface area contributed by atoms with Crippen LogP contribution in [0.3, 0.4) is 0 Å². The Hall–Kier alpha value is -0.930. The van der Waals surface area contributed by atoms with Crippen LogP contribution in [-0.2, 0) is 0 Å². The number of benzene rings is 1. The standard InChI is InChI=1S/C13H19FN2/c1-2-16(12-7-8-12)13(9-15)10-3-5-11(14)6-4-10/h3-6,12-13H,2,7-9,15H2,1H3. The van der Waals surface area contributed by atoms with Gasteiger partial charge in [-0.3, -0.25) is 4.90 Å². The summed E-state index contributed by atoms with van der Waals surface area (Å²) < 4.78 is 12.9. The predicted octanol–water partition coefficient (Wildman–Crippen LogP) is 2.31. The van der Waals surface area contributed by atoms with Crippen LogP contribution in [0.2, 0.25) is 0 Å². The Morgan fingerprint density at radius 1 is 1.38 bits per heavy atom. The van der Waals surface area contributed by atoms with E-state index in [-0.39, 0.29) is 11.9 Å². The largest absolute Gasteiger partial charge is 0.329 e. The van der Waals surface area contributed by atoms with Gasteiger partial charge in [0.1, 0.15) is 5.82 Å². The molecule has 2 N–H and O–H groups in total. The van der Waals surface area contributed by atoms with E-state index in [1.807, 2.05) is 12.1 Å². The highest BCUT2D eigenvalue weighted by atomic mass is 19.1. The number of hydrogen-bond donors (Lipinski definition) is 1. The molecule has 0 radical (unpaired) electrons. The number of nitrogens with two attached hydrogens (primary N) is 1. The molecule has 0 amide bonds. The van der Waals surface area contributed by atoms with Crippen molar-refractivity contribution >= 4 is 0 Å². The van der Waals surface area contributed by atoms with Crippen LogP contribution in [0, 0.1) is 5.82 Å². The first-order chi connectivity index (χ1) is 7.76. The Kier molecular flexibility index (Phi) is 3.56. The van der Waals surface area contributed by atoms with Crippen LogP contribution in [0.25, 0.3) is 0 Å².